The van der Waals surface area contributed by atoms with Gasteiger partial charge in [0, 0.05) is 55.0 Å². The fraction of sp³-hybridized carbons (Fsp3) is 0.370. The standard InChI is InChI=1S/C27H30N8O3/c1-15-11-30-31-16(2)25(15)17(3)38-23-9-20-21(10-22(23)37-4)32-33-26(20)18-5-6-24(28-12-18)34-7-8-35-19(14-34)13-29-27(35)36/h5-6,9-12,17,19H,7-8,13-14H2,1-4H3,(H,29,36)(H,32,33)/t17-,19?/m1/s1. The van der Waals surface area contributed by atoms with Crippen LogP contribution in [-0.2, 0) is 0 Å². The van der Waals surface area contributed by atoms with E-state index >= 15 is 0 Å². The third-order valence-electron chi connectivity index (χ3n) is 7.41. The molecule has 2 fully saturated rings. The van der Waals surface area contributed by atoms with Gasteiger partial charge in [0.25, 0.3) is 0 Å². The van der Waals surface area contributed by atoms with Crippen LogP contribution in [0.5, 0.6) is 11.5 Å². The van der Waals surface area contributed by atoms with Crippen LogP contribution in [0.15, 0.2) is 36.7 Å². The summed E-state index contributed by atoms with van der Waals surface area (Å²) in [7, 11) is 1.63. The number of benzene rings is 1. The van der Waals surface area contributed by atoms with Crippen LogP contribution < -0.4 is 19.7 Å². The lowest BCUT2D eigenvalue weighted by Crippen LogP contribution is -2.52. The largest absolute Gasteiger partial charge is 0.493 e. The summed E-state index contributed by atoms with van der Waals surface area (Å²) in [6.45, 7) is 8.83. The summed E-state index contributed by atoms with van der Waals surface area (Å²) in [6, 6.07) is 8.11. The zero-order valence-corrected chi connectivity index (χ0v) is 21.9. The molecule has 0 spiro atoms. The monoisotopic (exact) mass is 514 g/mol. The molecular formula is C27H30N8O3. The number of piperazine rings is 1. The van der Waals surface area contributed by atoms with Crippen LogP contribution in [0, 0.1) is 13.8 Å². The number of amides is 2. The predicted octanol–water partition coefficient (Wildman–Crippen LogP) is 3.39. The molecule has 5 heterocycles. The number of hydrogen-bond acceptors (Lipinski definition) is 8. The topological polar surface area (TPSA) is 121 Å². The summed E-state index contributed by atoms with van der Waals surface area (Å²) in [5, 5.41) is 19.7. The number of ether oxygens (including phenoxy) is 2. The van der Waals surface area contributed by atoms with Gasteiger partial charge in [-0.2, -0.15) is 15.3 Å². The number of nitrogens with zero attached hydrogens (tertiary/aromatic N) is 6. The molecule has 0 aliphatic carbocycles. The van der Waals surface area contributed by atoms with E-state index in [1.54, 1.807) is 13.3 Å². The summed E-state index contributed by atoms with van der Waals surface area (Å²) < 4.78 is 12.0. The van der Waals surface area contributed by atoms with Gasteiger partial charge < -0.3 is 24.6 Å². The molecule has 0 saturated carbocycles. The van der Waals surface area contributed by atoms with Crippen molar-refractivity contribution >= 4 is 22.8 Å². The zero-order valence-electron chi connectivity index (χ0n) is 21.9. The first-order valence-corrected chi connectivity index (χ1v) is 12.7. The summed E-state index contributed by atoms with van der Waals surface area (Å²) in [5.41, 5.74) is 5.39. The highest BCUT2D eigenvalue weighted by atomic mass is 16.5. The number of aromatic amines is 1. The van der Waals surface area contributed by atoms with E-state index in [0.29, 0.717) is 24.6 Å². The Morgan fingerprint density at radius 1 is 1.13 bits per heavy atom. The number of carbonyl (C=O) groups excluding carboxylic acids is 1. The summed E-state index contributed by atoms with van der Waals surface area (Å²) in [6.07, 6.45) is 3.34. The van der Waals surface area contributed by atoms with Crippen LogP contribution in [0.25, 0.3) is 22.2 Å². The average molecular weight is 515 g/mol. The van der Waals surface area contributed by atoms with Crippen LogP contribution in [0.1, 0.15) is 29.8 Å². The maximum Gasteiger partial charge on any atom is 0.317 e. The molecule has 0 radical (unpaired) electrons. The molecule has 38 heavy (non-hydrogen) atoms. The third kappa shape index (κ3) is 4.13. The summed E-state index contributed by atoms with van der Waals surface area (Å²) in [5.74, 6) is 2.13. The second-order valence-corrected chi connectivity index (χ2v) is 9.79. The quantitative estimate of drug-likeness (QED) is 0.402. The van der Waals surface area contributed by atoms with Crippen LogP contribution >= 0.6 is 0 Å². The number of aryl methyl sites for hydroxylation is 2. The number of aromatic nitrogens is 5. The fourth-order valence-corrected chi connectivity index (χ4v) is 5.50. The van der Waals surface area contributed by atoms with Gasteiger partial charge in [0.1, 0.15) is 17.6 Å². The Morgan fingerprint density at radius 3 is 2.76 bits per heavy atom. The molecule has 4 aromatic rings. The molecule has 2 N–H and O–H groups in total. The molecule has 2 aliphatic rings. The van der Waals surface area contributed by atoms with Gasteiger partial charge in [-0.15, -0.1) is 0 Å². The van der Waals surface area contributed by atoms with Crippen molar-refractivity contribution in [1.29, 1.82) is 0 Å². The third-order valence-corrected chi connectivity index (χ3v) is 7.41. The Kier molecular flexibility index (Phi) is 5.97. The van der Waals surface area contributed by atoms with Gasteiger partial charge in [-0.1, -0.05) is 0 Å². The molecule has 1 aromatic carbocycles. The Bertz CT molecular complexity index is 1480. The number of urea groups is 1. The highest BCUT2D eigenvalue weighted by molar-refractivity contribution is 5.95. The van der Waals surface area contributed by atoms with Crippen LogP contribution in [0.2, 0.25) is 0 Å². The van der Waals surface area contributed by atoms with E-state index in [4.69, 9.17) is 14.5 Å². The maximum absolute atomic E-state index is 11.9. The van der Waals surface area contributed by atoms with Crippen molar-refractivity contribution < 1.29 is 14.3 Å². The van der Waals surface area contributed by atoms with Gasteiger partial charge in [0.2, 0.25) is 0 Å². The lowest BCUT2D eigenvalue weighted by atomic mass is 10.0. The normalized spacial score (nSPS) is 17.9. The van der Waals surface area contributed by atoms with Crippen LogP contribution in [0.4, 0.5) is 10.6 Å². The number of hydrogen-bond donors (Lipinski definition) is 2. The van der Waals surface area contributed by atoms with E-state index in [1.807, 2.05) is 56.1 Å². The van der Waals surface area contributed by atoms with E-state index in [2.05, 4.69) is 30.6 Å². The maximum atomic E-state index is 11.9. The molecule has 2 aliphatic heterocycles. The number of fused-ring (bicyclic) bond motifs is 2. The number of methoxy groups -OCH3 is 1. The van der Waals surface area contributed by atoms with E-state index < -0.39 is 0 Å². The van der Waals surface area contributed by atoms with Gasteiger partial charge in [-0.3, -0.25) is 5.10 Å². The molecule has 2 saturated heterocycles. The molecule has 6 rings (SSSR count). The Labute approximate surface area is 220 Å². The first-order chi connectivity index (χ1) is 18.4. The lowest BCUT2D eigenvalue weighted by Gasteiger charge is -2.37. The minimum absolute atomic E-state index is 0.0282. The first-order valence-electron chi connectivity index (χ1n) is 12.7. The SMILES string of the molecule is COc1cc2[nH]nc(-c3ccc(N4CCN5C(=O)NCC5C4)nc3)c2cc1O[C@H](C)c1c(C)cnnc1C. The minimum atomic E-state index is -0.251. The molecule has 11 heteroatoms. The molecule has 2 amide bonds. The second kappa shape index (κ2) is 9.47. The highest BCUT2D eigenvalue weighted by Crippen LogP contribution is 2.38. The predicted molar refractivity (Wildman–Crippen MR) is 143 cm³/mol. The van der Waals surface area contributed by atoms with Gasteiger partial charge >= 0.3 is 6.03 Å². The van der Waals surface area contributed by atoms with Crippen molar-refractivity contribution in [3.8, 4) is 22.8 Å². The van der Waals surface area contributed by atoms with E-state index in [-0.39, 0.29) is 18.2 Å². The van der Waals surface area contributed by atoms with Crippen molar-refractivity contribution in [3.63, 3.8) is 0 Å². The Balaban J connectivity index is 1.27. The Morgan fingerprint density at radius 2 is 2.00 bits per heavy atom. The van der Waals surface area contributed by atoms with Crippen molar-refractivity contribution in [3.05, 3.63) is 53.5 Å². The number of H-pyrrole nitrogens is 1. The lowest BCUT2D eigenvalue weighted by molar-refractivity contribution is 0.197. The smallest absolute Gasteiger partial charge is 0.317 e. The van der Waals surface area contributed by atoms with Crippen LogP contribution in [0.3, 0.4) is 0 Å². The van der Waals surface area contributed by atoms with Gasteiger partial charge in [0.15, 0.2) is 11.5 Å². The van der Waals surface area contributed by atoms with Crippen molar-refractivity contribution in [2.75, 3.05) is 38.2 Å². The van der Waals surface area contributed by atoms with Crippen molar-refractivity contribution in [1.82, 2.24) is 35.6 Å². The molecular weight excluding hydrogens is 484 g/mol. The molecule has 0 bridgehead atoms. The zero-order chi connectivity index (χ0) is 26.4. The van der Waals surface area contributed by atoms with Gasteiger partial charge in [-0.25, -0.2) is 9.78 Å². The van der Waals surface area contributed by atoms with Crippen molar-refractivity contribution in [2.45, 2.75) is 32.9 Å². The van der Waals surface area contributed by atoms with Crippen molar-refractivity contribution in [2.24, 2.45) is 0 Å². The second-order valence-electron chi connectivity index (χ2n) is 9.79. The molecule has 2 atom stereocenters. The number of rotatable bonds is 6. The van der Waals surface area contributed by atoms with E-state index in [1.165, 1.54) is 0 Å². The molecule has 11 nitrogen and oxygen atoms in total. The molecule has 3 aromatic heterocycles. The Hall–Kier alpha value is -4.41. The van der Waals surface area contributed by atoms with Gasteiger partial charge in [-0.05, 0) is 44.5 Å². The number of carbonyl (C=O) groups is 1. The highest BCUT2D eigenvalue weighted by Gasteiger charge is 2.35. The first kappa shape index (κ1) is 24.0. The van der Waals surface area contributed by atoms with E-state index in [0.717, 1.165) is 57.9 Å². The summed E-state index contributed by atoms with van der Waals surface area (Å²) in [4.78, 5) is 20.8. The fourth-order valence-electron chi connectivity index (χ4n) is 5.50. The average Bonchev–Trinajstić information content (AvgIpc) is 3.50. The molecule has 196 valence electrons. The van der Waals surface area contributed by atoms with Crippen LogP contribution in [-0.4, -0.2) is 75.6 Å². The minimum Gasteiger partial charge on any atom is -0.493 e. The number of pyridine rings is 1. The summed E-state index contributed by atoms with van der Waals surface area (Å²) >= 11 is 0. The number of nitrogens with one attached hydrogen (secondary N) is 2. The molecule has 1 unspecified atom stereocenters. The number of anilines is 1. The van der Waals surface area contributed by atoms with Gasteiger partial charge in [0.05, 0.1) is 30.6 Å². The van der Waals surface area contributed by atoms with E-state index in [9.17, 15) is 4.79 Å².